The van der Waals surface area contributed by atoms with Crippen molar-refractivity contribution in [2.45, 2.75) is 36.7 Å². The molecule has 1 unspecified atom stereocenters. The first-order valence-electron chi connectivity index (χ1n) is 6.07. The first kappa shape index (κ1) is 14.0. The Labute approximate surface area is 112 Å². The molecule has 1 saturated carbocycles. The van der Waals surface area contributed by atoms with E-state index in [2.05, 4.69) is 10.0 Å². The molecule has 2 rings (SSSR count). The summed E-state index contributed by atoms with van der Waals surface area (Å²) in [5.41, 5.74) is 5.86. The lowest BCUT2D eigenvalue weighted by molar-refractivity contribution is -0.117. The minimum atomic E-state index is -3.51. The van der Waals surface area contributed by atoms with E-state index in [9.17, 15) is 13.2 Å². The molecule has 0 heterocycles. The first-order chi connectivity index (χ1) is 8.88. The van der Waals surface area contributed by atoms with E-state index >= 15 is 0 Å². The SMILES string of the molecule is CC(N)C(=O)Nc1cccc(S(=O)(=O)NC2CC2)c1. The van der Waals surface area contributed by atoms with Crippen molar-refractivity contribution in [3.05, 3.63) is 24.3 Å². The van der Waals surface area contributed by atoms with Gasteiger partial charge in [-0.2, -0.15) is 0 Å². The second-order valence-electron chi connectivity index (χ2n) is 4.70. The van der Waals surface area contributed by atoms with Gasteiger partial charge in [-0.15, -0.1) is 0 Å². The number of amides is 1. The zero-order valence-corrected chi connectivity index (χ0v) is 11.4. The van der Waals surface area contributed by atoms with Gasteiger partial charge in [0.25, 0.3) is 0 Å². The number of carbonyl (C=O) groups excluding carboxylic acids is 1. The van der Waals surface area contributed by atoms with Crippen LogP contribution < -0.4 is 15.8 Å². The van der Waals surface area contributed by atoms with Crippen LogP contribution in [0.3, 0.4) is 0 Å². The number of nitrogens with one attached hydrogen (secondary N) is 2. The molecule has 1 aliphatic carbocycles. The molecule has 7 heteroatoms. The second-order valence-corrected chi connectivity index (χ2v) is 6.42. The summed E-state index contributed by atoms with van der Waals surface area (Å²) in [4.78, 5) is 11.6. The highest BCUT2D eigenvalue weighted by Gasteiger charge is 2.28. The average molecular weight is 283 g/mol. The molecule has 0 aliphatic heterocycles. The van der Waals surface area contributed by atoms with Gasteiger partial charge in [0, 0.05) is 11.7 Å². The van der Waals surface area contributed by atoms with Crippen LogP contribution in [0.5, 0.6) is 0 Å². The summed E-state index contributed by atoms with van der Waals surface area (Å²) in [6.07, 6.45) is 1.75. The Kier molecular flexibility index (Phi) is 3.88. The molecule has 1 aliphatic rings. The summed E-state index contributed by atoms with van der Waals surface area (Å²) in [5.74, 6) is -0.357. The number of hydrogen-bond acceptors (Lipinski definition) is 4. The molecule has 0 radical (unpaired) electrons. The van der Waals surface area contributed by atoms with E-state index in [0.717, 1.165) is 12.8 Å². The normalized spacial score (nSPS) is 16.9. The fraction of sp³-hybridized carbons (Fsp3) is 0.417. The Morgan fingerprint density at radius 3 is 2.68 bits per heavy atom. The van der Waals surface area contributed by atoms with E-state index in [4.69, 9.17) is 5.73 Å². The number of sulfonamides is 1. The van der Waals surface area contributed by atoms with Crippen molar-refractivity contribution in [2.75, 3.05) is 5.32 Å². The van der Waals surface area contributed by atoms with Crippen molar-refractivity contribution in [3.8, 4) is 0 Å². The maximum absolute atomic E-state index is 12.0. The Hall–Kier alpha value is -1.44. The van der Waals surface area contributed by atoms with Gasteiger partial charge >= 0.3 is 0 Å². The lowest BCUT2D eigenvalue weighted by atomic mass is 10.3. The molecule has 0 aromatic heterocycles. The smallest absolute Gasteiger partial charge is 0.240 e. The van der Waals surface area contributed by atoms with Gasteiger partial charge in [0.05, 0.1) is 10.9 Å². The number of anilines is 1. The van der Waals surface area contributed by atoms with Crippen LogP contribution >= 0.6 is 0 Å². The van der Waals surface area contributed by atoms with Gasteiger partial charge in [-0.25, -0.2) is 13.1 Å². The topological polar surface area (TPSA) is 101 Å². The van der Waals surface area contributed by atoms with Gasteiger partial charge in [-0.05, 0) is 38.0 Å². The first-order valence-corrected chi connectivity index (χ1v) is 7.55. The minimum Gasteiger partial charge on any atom is -0.325 e. The number of rotatable bonds is 5. The van der Waals surface area contributed by atoms with Crippen LogP contribution in [0.4, 0.5) is 5.69 Å². The fourth-order valence-electron chi connectivity index (χ4n) is 1.49. The molecule has 4 N–H and O–H groups in total. The van der Waals surface area contributed by atoms with Gasteiger partial charge in [0.1, 0.15) is 0 Å². The quantitative estimate of drug-likeness (QED) is 0.728. The molecule has 1 aromatic carbocycles. The molecule has 1 aromatic rings. The summed E-state index contributed by atoms with van der Waals surface area (Å²) in [6, 6.07) is 5.52. The van der Waals surface area contributed by atoms with Crippen molar-refractivity contribution >= 4 is 21.6 Å². The summed E-state index contributed by atoms with van der Waals surface area (Å²) in [6.45, 7) is 1.56. The average Bonchev–Trinajstić information content (AvgIpc) is 3.12. The Bertz CT molecular complexity index is 580. The van der Waals surface area contributed by atoms with Gasteiger partial charge in [-0.3, -0.25) is 4.79 Å². The second kappa shape index (κ2) is 5.28. The molecule has 0 saturated heterocycles. The standard InChI is InChI=1S/C12H17N3O3S/c1-8(13)12(16)14-10-3-2-4-11(7-10)19(17,18)15-9-5-6-9/h2-4,7-9,15H,5-6,13H2,1H3,(H,14,16). The highest BCUT2D eigenvalue weighted by molar-refractivity contribution is 7.89. The maximum Gasteiger partial charge on any atom is 0.240 e. The molecule has 0 bridgehead atoms. The largest absolute Gasteiger partial charge is 0.325 e. The van der Waals surface area contributed by atoms with Gasteiger partial charge in [-0.1, -0.05) is 6.07 Å². The van der Waals surface area contributed by atoms with E-state index in [1.54, 1.807) is 19.1 Å². The van der Waals surface area contributed by atoms with Crippen LogP contribution in [0.25, 0.3) is 0 Å². The number of benzene rings is 1. The highest BCUT2D eigenvalue weighted by atomic mass is 32.2. The third kappa shape index (κ3) is 3.76. The van der Waals surface area contributed by atoms with Gasteiger partial charge in [0.15, 0.2) is 0 Å². The summed E-state index contributed by atoms with van der Waals surface area (Å²) in [5, 5.41) is 2.57. The molecule has 1 fully saturated rings. The Morgan fingerprint density at radius 1 is 1.42 bits per heavy atom. The third-order valence-corrected chi connectivity index (χ3v) is 4.24. The van der Waals surface area contributed by atoms with Crippen molar-refractivity contribution in [3.63, 3.8) is 0 Å². The van der Waals surface area contributed by atoms with Crippen LogP contribution in [0, 0.1) is 0 Å². The molecule has 1 amide bonds. The summed E-state index contributed by atoms with van der Waals surface area (Å²) >= 11 is 0. The van der Waals surface area contributed by atoms with E-state index < -0.39 is 16.1 Å². The predicted octanol–water partition coefficient (Wildman–Crippen LogP) is 0.413. The Morgan fingerprint density at radius 2 is 2.11 bits per heavy atom. The van der Waals surface area contributed by atoms with Crippen LogP contribution in [-0.2, 0) is 14.8 Å². The van der Waals surface area contributed by atoms with Gasteiger partial charge < -0.3 is 11.1 Å². The molecule has 1 atom stereocenters. The predicted molar refractivity (Wildman–Crippen MR) is 72.1 cm³/mol. The van der Waals surface area contributed by atoms with Crippen LogP contribution in [0.1, 0.15) is 19.8 Å². The third-order valence-electron chi connectivity index (χ3n) is 2.72. The van der Waals surface area contributed by atoms with E-state index in [1.807, 2.05) is 0 Å². The highest BCUT2D eigenvalue weighted by Crippen LogP contribution is 2.23. The molecular formula is C12H17N3O3S. The molecule has 19 heavy (non-hydrogen) atoms. The maximum atomic E-state index is 12.0. The van der Waals surface area contributed by atoms with Crippen LogP contribution in [0.15, 0.2) is 29.2 Å². The van der Waals surface area contributed by atoms with Crippen molar-refractivity contribution in [1.82, 2.24) is 4.72 Å². The number of hydrogen-bond donors (Lipinski definition) is 3. The molecule has 0 spiro atoms. The zero-order chi connectivity index (χ0) is 14.0. The monoisotopic (exact) mass is 283 g/mol. The summed E-state index contributed by atoms with van der Waals surface area (Å²) in [7, 11) is -3.51. The van der Waals surface area contributed by atoms with Gasteiger partial charge in [0.2, 0.25) is 15.9 Å². The minimum absolute atomic E-state index is 0.0484. The molecule has 6 nitrogen and oxygen atoms in total. The van der Waals surface area contributed by atoms with E-state index in [-0.39, 0.29) is 16.8 Å². The lowest BCUT2D eigenvalue weighted by Crippen LogP contribution is -2.32. The van der Waals surface area contributed by atoms with E-state index in [1.165, 1.54) is 12.1 Å². The fourth-order valence-corrected chi connectivity index (χ4v) is 2.84. The zero-order valence-electron chi connectivity index (χ0n) is 10.6. The van der Waals surface area contributed by atoms with Crippen molar-refractivity contribution in [1.29, 1.82) is 0 Å². The van der Waals surface area contributed by atoms with E-state index in [0.29, 0.717) is 5.69 Å². The van der Waals surface area contributed by atoms with Crippen LogP contribution in [0.2, 0.25) is 0 Å². The molecular weight excluding hydrogens is 266 g/mol. The van der Waals surface area contributed by atoms with Crippen molar-refractivity contribution in [2.24, 2.45) is 5.73 Å². The lowest BCUT2D eigenvalue weighted by Gasteiger charge is -2.10. The number of nitrogens with two attached hydrogens (primary N) is 1. The van der Waals surface area contributed by atoms with Crippen molar-refractivity contribution < 1.29 is 13.2 Å². The summed E-state index contributed by atoms with van der Waals surface area (Å²) < 4.78 is 26.6. The Balaban J connectivity index is 2.16. The molecule has 104 valence electrons. The number of carbonyl (C=O) groups is 1. The van der Waals surface area contributed by atoms with Crippen LogP contribution in [-0.4, -0.2) is 26.4 Å².